The molecule has 0 fully saturated rings. The van der Waals surface area contributed by atoms with Crippen molar-refractivity contribution in [1.82, 2.24) is 0 Å². The Kier molecular flexibility index (Phi) is 4.19. The Balaban J connectivity index is 2.45. The van der Waals surface area contributed by atoms with Gasteiger partial charge in [0.25, 0.3) is 0 Å². The average molecular weight is 341 g/mol. The second kappa shape index (κ2) is 5.53. The van der Waals surface area contributed by atoms with Crippen LogP contribution in [-0.4, -0.2) is 7.11 Å². The maximum absolute atomic E-state index is 6.46. The summed E-state index contributed by atoms with van der Waals surface area (Å²) in [6.45, 7) is 1.95. The number of hydrogen-bond donors (Lipinski definition) is 1. The van der Waals surface area contributed by atoms with E-state index in [1.165, 1.54) is 0 Å². The lowest BCUT2D eigenvalue weighted by atomic mass is 9.85. The third-order valence-corrected chi connectivity index (χ3v) is 3.99. The lowest BCUT2D eigenvalue weighted by Gasteiger charge is -2.27. The van der Waals surface area contributed by atoms with E-state index in [2.05, 4.69) is 15.9 Å². The molecule has 0 saturated heterocycles. The van der Waals surface area contributed by atoms with E-state index in [4.69, 9.17) is 22.1 Å². The number of hydrogen-bond acceptors (Lipinski definition) is 2. The third kappa shape index (κ3) is 2.94. The Morgan fingerprint density at radius 1 is 1.16 bits per heavy atom. The van der Waals surface area contributed by atoms with Gasteiger partial charge in [0.15, 0.2) is 0 Å². The fraction of sp³-hybridized carbons (Fsp3) is 0.200. The monoisotopic (exact) mass is 339 g/mol. The summed E-state index contributed by atoms with van der Waals surface area (Å²) in [5, 5.41) is 0.648. The van der Waals surface area contributed by atoms with E-state index >= 15 is 0 Å². The molecule has 0 aliphatic heterocycles. The molecule has 1 atom stereocenters. The van der Waals surface area contributed by atoms with Gasteiger partial charge in [-0.3, -0.25) is 0 Å². The first-order chi connectivity index (χ1) is 8.95. The van der Waals surface area contributed by atoms with Crippen LogP contribution in [0.5, 0.6) is 5.75 Å². The zero-order valence-corrected chi connectivity index (χ0v) is 13.1. The highest BCUT2D eigenvalue weighted by Gasteiger charge is 2.26. The quantitative estimate of drug-likeness (QED) is 0.902. The summed E-state index contributed by atoms with van der Waals surface area (Å²) < 4.78 is 6.09. The van der Waals surface area contributed by atoms with Crippen LogP contribution in [0.3, 0.4) is 0 Å². The Bertz CT molecular complexity index is 581. The largest absolute Gasteiger partial charge is 0.497 e. The third-order valence-electron chi connectivity index (χ3n) is 3.18. The van der Waals surface area contributed by atoms with Crippen LogP contribution >= 0.6 is 27.5 Å². The van der Waals surface area contributed by atoms with Crippen molar-refractivity contribution in [2.24, 2.45) is 5.73 Å². The standard InChI is InChI=1S/C15H15BrClNO/c1-15(18,10-3-6-12(19-2)7-4-10)13-8-5-11(16)9-14(13)17/h3-9H,18H2,1-2H3. The number of halogens is 2. The second-order valence-corrected chi connectivity index (χ2v) is 5.88. The molecule has 0 aliphatic rings. The zero-order chi connectivity index (χ0) is 14.0. The van der Waals surface area contributed by atoms with Gasteiger partial charge in [-0.1, -0.05) is 45.7 Å². The first-order valence-electron chi connectivity index (χ1n) is 5.84. The zero-order valence-electron chi connectivity index (χ0n) is 10.8. The summed E-state index contributed by atoms with van der Waals surface area (Å²) in [4.78, 5) is 0. The molecule has 0 radical (unpaired) electrons. The first-order valence-corrected chi connectivity index (χ1v) is 7.01. The van der Waals surface area contributed by atoms with Crippen LogP contribution in [-0.2, 0) is 5.54 Å². The molecule has 2 aromatic rings. The van der Waals surface area contributed by atoms with Crippen molar-refractivity contribution in [3.05, 3.63) is 63.1 Å². The normalized spacial score (nSPS) is 13.9. The van der Waals surface area contributed by atoms with E-state index in [0.717, 1.165) is 21.3 Å². The minimum atomic E-state index is -0.649. The fourth-order valence-corrected chi connectivity index (χ4v) is 2.87. The minimum absolute atomic E-state index is 0.648. The molecular formula is C15H15BrClNO. The molecule has 100 valence electrons. The molecule has 0 saturated carbocycles. The van der Waals surface area contributed by atoms with Crippen molar-refractivity contribution >= 4 is 27.5 Å². The summed E-state index contributed by atoms with van der Waals surface area (Å²) in [5.41, 5.74) is 7.69. The van der Waals surface area contributed by atoms with E-state index in [1.807, 2.05) is 49.4 Å². The molecule has 0 aromatic heterocycles. The van der Waals surface area contributed by atoms with Crippen LogP contribution in [0.25, 0.3) is 0 Å². The number of ether oxygens (including phenoxy) is 1. The van der Waals surface area contributed by atoms with E-state index in [0.29, 0.717) is 5.02 Å². The van der Waals surface area contributed by atoms with E-state index in [9.17, 15) is 0 Å². The van der Waals surface area contributed by atoms with Crippen molar-refractivity contribution < 1.29 is 4.74 Å². The van der Waals surface area contributed by atoms with Crippen LogP contribution in [0.4, 0.5) is 0 Å². The van der Waals surface area contributed by atoms with Gasteiger partial charge in [0.2, 0.25) is 0 Å². The maximum Gasteiger partial charge on any atom is 0.118 e. The molecule has 0 spiro atoms. The minimum Gasteiger partial charge on any atom is -0.497 e. The van der Waals surface area contributed by atoms with E-state index in [-0.39, 0.29) is 0 Å². The molecule has 19 heavy (non-hydrogen) atoms. The number of nitrogens with two attached hydrogens (primary N) is 1. The first kappa shape index (κ1) is 14.4. The predicted molar refractivity (Wildman–Crippen MR) is 82.8 cm³/mol. The Hall–Kier alpha value is -1.03. The van der Waals surface area contributed by atoms with E-state index in [1.54, 1.807) is 7.11 Å². The smallest absolute Gasteiger partial charge is 0.118 e. The molecular weight excluding hydrogens is 326 g/mol. The molecule has 2 N–H and O–H groups in total. The Morgan fingerprint density at radius 2 is 1.79 bits per heavy atom. The van der Waals surface area contributed by atoms with Gasteiger partial charge in [-0.05, 0) is 42.3 Å². The highest BCUT2D eigenvalue weighted by atomic mass is 79.9. The van der Waals surface area contributed by atoms with Gasteiger partial charge in [0.1, 0.15) is 5.75 Å². The van der Waals surface area contributed by atoms with Crippen LogP contribution in [0.15, 0.2) is 46.9 Å². The lowest BCUT2D eigenvalue weighted by molar-refractivity contribution is 0.414. The molecule has 0 aliphatic carbocycles. The van der Waals surface area contributed by atoms with Gasteiger partial charge >= 0.3 is 0 Å². The van der Waals surface area contributed by atoms with Crippen LogP contribution in [0.1, 0.15) is 18.1 Å². The summed E-state index contributed by atoms with van der Waals surface area (Å²) in [6.07, 6.45) is 0. The van der Waals surface area contributed by atoms with Crippen molar-refractivity contribution in [3.63, 3.8) is 0 Å². The van der Waals surface area contributed by atoms with E-state index < -0.39 is 5.54 Å². The summed E-state index contributed by atoms with van der Waals surface area (Å²) in [6, 6.07) is 13.4. The fourth-order valence-electron chi connectivity index (χ4n) is 2.00. The molecule has 4 heteroatoms. The molecule has 0 bridgehead atoms. The van der Waals surface area contributed by atoms with Gasteiger partial charge < -0.3 is 10.5 Å². The number of benzene rings is 2. The molecule has 2 rings (SSSR count). The van der Waals surface area contributed by atoms with Gasteiger partial charge in [-0.25, -0.2) is 0 Å². The number of methoxy groups -OCH3 is 1. The Morgan fingerprint density at radius 3 is 2.32 bits per heavy atom. The van der Waals surface area contributed by atoms with Gasteiger partial charge in [0, 0.05) is 9.50 Å². The molecule has 0 heterocycles. The SMILES string of the molecule is COc1ccc(C(C)(N)c2ccc(Br)cc2Cl)cc1. The topological polar surface area (TPSA) is 35.2 Å². The van der Waals surface area contributed by atoms with Gasteiger partial charge in [0.05, 0.1) is 12.6 Å². The number of rotatable bonds is 3. The van der Waals surface area contributed by atoms with Crippen molar-refractivity contribution in [2.75, 3.05) is 7.11 Å². The van der Waals surface area contributed by atoms with Crippen molar-refractivity contribution in [1.29, 1.82) is 0 Å². The molecule has 0 amide bonds. The molecule has 1 unspecified atom stereocenters. The van der Waals surface area contributed by atoms with Crippen LogP contribution in [0, 0.1) is 0 Å². The summed E-state index contributed by atoms with van der Waals surface area (Å²) in [5.74, 6) is 0.807. The second-order valence-electron chi connectivity index (χ2n) is 4.56. The van der Waals surface area contributed by atoms with Gasteiger partial charge in [-0.15, -0.1) is 0 Å². The highest BCUT2D eigenvalue weighted by Crippen LogP contribution is 2.34. The molecule has 2 aromatic carbocycles. The summed E-state index contributed by atoms with van der Waals surface area (Å²) in [7, 11) is 1.64. The molecule has 2 nitrogen and oxygen atoms in total. The van der Waals surface area contributed by atoms with Crippen LogP contribution in [0.2, 0.25) is 5.02 Å². The Labute approximate surface area is 126 Å². The summed E-state index contributed by atoms with van der Waals surface area (Å²) >= 11 is 9.68. The van der Waals surface area contributed by atoms with Crippen molar-refractivity contribution in [2.45, 2.75) is 12.5 Å². The van der Waals surface area contributed by atoms with Gasteiger partial charge in [-0.2, -0.15) is 0 Å². The van der Waals surface area contributed by atoms with Crippen molar-refractivity contribution in [3.8, 4) is 5.75 Å². The average Bonchev–Trinajstić information content (AvgIpc) is 2.38. The van der Waals surface area contributed by atoms with Crippen LogP contribution < -0.4 is 10.5 Å². The maximum atomic E-state index is 6.46. The highest BCUT2D eigenvalue weighted by molar-refractivity contribution is 9.10. The predicted octanol–water partition coefficient (Wildman–Crippen LogP) is 4.33. The lowest BCUT2D eigenvalue weighted by Crippen LogP contribution is -2.34.